The summed E-state index contributed by atoms with van der Waals surface area (Å²) in [6, 6.07) is 10.5. The van der Waals surface area contributed by atoms with Gasteiger partial charge in [-0.15, -0.1) is 0 Å². The van der Waals surface area contributed by atoms with E-state index >= 15 is 0 Å². The molecule has 26 heavy (non-hydrogen) atoms. The lowest BCUT2D eigenvalue weighted by molar-refractivity contribution is 0.271. The van der Waals surface area contributed by atoms with Crippen LogP contribution in [0.2, 0.25) is 0 Å². The lowest BCUT2D eigenvalue weighted by Crippen LogP contribution is -2.33. The van der Waals surface area contributed by atoms with Crippen LogP contribution in [0.4, 0.5) is 0 Å². The van der Waals surface area contributed by atoms with Crippen LogP contribution in [-0.4, -0.2) is 33.4 Å². The highest BCUT2D eigenvalue weighted by Gasteiger charge is 2.09. The van der Waals surface area contributed by atoms with Crippen molar-refractivity contribution in [3.05, 3.63) is 51.5 Å². The van der Waals surface area contributed by atoms with E-state index in [-0.39, 0.29) is 6.04 Å². The predicted octanol–water partition coefficient (Wildman–Crippen LogP) is 4.68. The molecule has 0 saturated heterocycles. The van der Waals surface area contributed by atoms with Crippen LogP contribution < -0.4 is 19.5 Å². The summed E-state index contributed by atoms with van der Waals surface area (Å²) in [7, 11) is 3.31. The average Bonchev–Trinajstić information content (AvgIpc) is 2.60. The van der Waals surface area contributed by atoms with Gasteiger partial charge in [0.1, 0.15) is 12.4 Å². The summed E-state index contributed by atoms with van der Waals surface area (Å²) in [5.74, 6) is 2.50. The number of methoxy groups -OCH3 is 2. The van der Waals surface area contributed by atoms with Crippen molar-refractivity contribution in [1.82, 2.24) is 5.32 Å². The van der Waals surface area contributed by atoms with E-state index in [4.69, 9.17) is 14.2 Å². The van der Waals surface area contributed by atoms with Crippen LogP contribution in [0.25, 0.3) is 0 Å². The Morgan fingerprint density at radius 1 is 1.00 bits per heavy atom. The second kappa shape index (κ2) is 9.83. The highest BCUT2D eigenvalue weighted by atomic mass is 79.9. The molecule has 4 nitrogen and oxygen atoms in total. The first-order chi connectivity index (χ1) is 12.4. The van der Waals surface area contributed by atoms with Crippen LogP contribution >= 0.6 is 15.9 Å². The zero-order chi connectivity index (χ0) is 19.1. The third-order valence-corrected chi connectivity index (χ3v) is 4.72. The van der Waals surface area contributed by atoms with E-state index in [2.05, 4.69) is 60.2 Å². The standard InChI is InChI=1S/C21H28BrNO3/c1-14-10-18(22)11-15(2)21(14)26-13-16(3)23-9-8-17-6-7-19(24-4)20(12-17)25-5/h6-7,10-12,16,23H,8-9,13H2,1-5H3. The molecule has 1 N–H and O–H groups in total. The highest BCUT2D eigenvalue weighted by Crippen LogP contribution is 2.28. The van der Waals surface area contributed by atoms with Crippen LogP contribution in [-0.2, 0) is 6.42 Å². The second-order valence-electron chi connectivity index (χ2n) is 6.47. The van der Waals surface area contributed by atoms with E-state index in [1.165, 1.54) is 5.56 Å². The quantitative estimate of drug-likeness (QED) is 0.637. The molecule has 2 aromatic rings. The van der Waals surface area contributed by atoms with Crippen molar-refractivity contribution in [3.63, 3.8) is 0 Å². The predicted molar refractivity (Wildman–Crippen MR) is 110 cm³/mol. The number of ether oxygens (including phenoxy) is 3. The minimum atomic E-state index is 0.262. The molecule has 0 saturated carbocycles. The number of nitrogens with one attached hydrogen (secondary N) is 1. The van der Waals surface area contributed by atoms with Gasteiger partial charge in [-0.05, 0) is 74.7 Å². The summed E-state index contributed by atoms with van der Waals surface area (Å²) in [6.45, 7) is 7.79. The molecule has 0 bridgehead atoms. The molecule has 0 aliphatic carbocycles. The van der Waals surface area contributed by atoms with Gasteiger partial charge in [0.05, 0.1) is 14.2 Å². The van der Waals surface area contributed by atoms with Gasteiger partial charge in [-0.2, -0.15) is 0 Å². The fourth-order valence-corrected chi connectivity index (χ4v) is 3.58. The topological polar surface area (TPSA) is 39.7 Å². The molecule has 2 aromatic carbocycles. The Hall–Kier alpha value is -1.72. The van der Waals surface area contributed by atoms with Crippen molar-refractivity contribution in [2.24, 2.45) is 0 Å². The van der Waals surface area contributed by atoms with E-state index in [1.807, 2.05) is 12.1 Å². The van der Waals surface area contributed by atoms with E-state index in [1.54, 1.807) is 14.2 Å². The first-order valence-corrected chi connectivity index (χ1v) is 9.57. The Morgan fingerprint density at radius 3 is 2.27 bits per heavy atom. The van der Waals surface area contributed by atoms with Gasteiger partial charge < -0.3 is 19.5 Å². The van der Waals surface area contributed by atoms with Crippen molar-refractivity contribution in [2.45, 2.75) is 33.2 Å². The molecule has 0 radical (unpaired) electrons. The van der Waals surface area contributed by atoms with Crippen molar-refractivity contribution < 1.29 is 14.2 Å². The van der Waals surface area contributed by atoms with Gasteiger partial charge in [0.15, 0.2) is 11.5 Å². The number of halogens is 1. The molecule has 0 aromatic heterocycles. The molecule has 0 aliphatic heterocycles. The fourth-order valence-electron chi connectivity index (χ4n) is 2.89. The van der Waals surface area contributed by atoms with Crippen molar-refractivity contribution >= 4 is 15.9 Å². The maximum Gasteiger partial charge on any atom is 0.160 e. The molecule has 5 heteroatoms. The largest absolute Gasteiger partial charge is 0.493 e. The second-order valence-corrected chi connectivity index (χ2v) is 7.39. The molecule has 0 spiro atoms. The number of hydrogen-bond acceptors (Lipinski definition) is 4. The number of aryl methyl sites for hydroxylation is 2. The number of rotatable bonds is 9. The average molecular weight is 422 g/mol. The molecule has 1 unspecified atom stereocenters. The van der Waals surface area contributed by atoms with Gasteiger partial charge in [-0.3, -0.25) is 0 Å². The van der Waals surface area contributed by atoms with Gasteiger partial charge in [0, 0.05) is 10.5 Å². The monoisotopic (exact) mass is 421 g/mol. The Balaban J connectivity index is 1.82. The molecule has 0 amide bonds. The van der Waals surface area contributed by atoms with Crippen LogP contribution in [0, 0.1) is 13.8 Å². The van der Waals surface area contributed by atoms with E-state index in [0.29, 0.717) is 6.61 Å². The van der Waals surface area contributed by atoms with Crippen molar-refractivity contribution in [1.29, 1.82) is 0 Å². The van der Waals surface area contributed by atoms with Crippen LogP contribution in [0.1, 0.15) is 23.6 Å². The Labute approximate surface area is 165 Å². The molecule has 0 heterocycles. The molecule has 0 aliphatic rings. The maximum absolute atomic E-state index is 6.03. The first kappa shape index (κ1) is 20.6. The first-order valence-electron chi connectivity index (χ1n) is 8.78. The van der Waals surface area contributed by atoms with E-state index in [9.17, 15) is 0 Å². The molecular formula is C21H28BrNO3. The lowest BCUT2D eigenvalue weighted by Gasteiger charge is -2.18. The number of benzene rings is 2. The van der Waals surface area contributed by atoms with Gasteiger partial charge in [0.25, 0.3) is 0 Å². The molecule has 142 valence electrons. The summed E-state index contributed by atoms with van der Waals surface area (Å²) < 4.78 is 17.7. The van der Waals surface area contributed by atoms with Crippen LogP contribution in [0.5, 0.6) is 17.2 Å². The van der Waals surface area contributed by atoms with Crippen LogP contribution in [0.15, 0.2) is 34.8 Å². The smallest absolute Gasteiger partial charge is 0.160 e. The molecular weight excluding hydrogens is 394 g/mol. The maximum atomic E-state index is 6.03. The molecule has 1 atom stereocenters. The van der Waals surface area contributed by atoms with E-state index in [0.717, 1.165) is 45.8 Å². The Kier molecular flexibility index (Phi) is 7.79. The van der Waals surface area contributed by atoms with Crippen LogP contribution in [0.3, 0.4) is 0 Å². The minimum absolute atomic E-state index is 0.262. The van der Waals surface area contributed by atoms with Crippen molar-refractivity contribution in [2.75, 3.05) is 27.4 Å². The highest BCUT2D eigenvalue weighted by molar-refractivity contribution is 9.10. The molecule has 2 rings (SSSR count). The zero-order valence-electron chi connectivity index (χ0n) is 16.2. The third-order valence-electron chi connectivity index (χ3n) is 4.26. The minimum Gasteiger partial charge on any atom is -0.493 e. The third kappa shape index (κ3) is 5.64. The zero-order valence-corrected chi connectivity index (χ0v) is 17.8. The Morgan fingerprint density at radius 2 is 1.65 bits per heavy atom. The van der Waals surface area contributed by atoms with Gasteiger partial charge in [-0.25, -0.2) is 0 Å². The number of hydrogen-bond donors (Lipinski definition) is 1. The summed E-state index contributed by atoms with van der Waals surface area (Å²) in [4.78, 5) is 0. The molecule has 0 fully saturated rings. The summed E-state index contributed by atoms with van der Waals surface area (Å²) in [6.07, 6.45) is 0.918. The SMILES string of the molecule is COc1ccc(CCNC(C)COc2c(C)cc(Br)cc2C)cc1OC. The Bertz CT molecular complexity index is 710. The van der Waals surface area contributed by atoms with Crippen molar-refractivity contribution in [3.8, 4) is 17.2 Å². The summed E-state index contributed by atoms with van der Waals surface area (Å²) in [5, 5.41) is 3.51. The van der Waals surface area contributed by atoms with E-state index < -0.39 is 0 Å². The fraction of sp³-hybridized carbons (Fsp3) is 0.429. The lowest BCUT2D eigenvalue weighted by atomic mass is 10.1. The van der Waals surface area contributed by atoms with Gasteiger partial charge >= 0.3 is 0 Å². The van der Waals surface area contributed by atoms with Gasteiger partial charge in [0.2, 0.25) is 0 Å². The normalized spacial score (nSPS) is 11.9. The summed E-state index contributed by atoms with van der Waals surface area (Å²) in [5.41, 5.74) is 3.51. The summed E-state index contributed by atoms with van der Waals surface area (Å²) >= 11 is 3.52. The van der Waals surface area contributed by atoms with Gasteiger partial charge in [-0.1, -0.05) is 22.0 Å².